The second kappa shape index (κ2) is 8.22. The molecule has 0 fully saturated rings. The number of nitrogens with zero attached hydrogens (tertiary/aromatic N) is 4. The molecule has 1 amide bonds. The Hall–Kier alpha value is -3.67. The Balaban J connectivity index is 1.63. The fourth-order valence-corrected chi connectivity index (χ4v) is 3.65. The van der Waals surface area contributed by atoms with E-state index in [9.17, 15) is 18.0 Å². The molecule has 0 radical (unpaired) electrons. The second-order valence-corrected chi connectivity index (χ2v) is 7.32. The lowest BCUT2D eigenvalue weighted by atomic mass is 10.0. The van der Waals surface area contributed by atoms with E-state index in [4.69, 9.17) is 5.26 Å². The van der Waals surface area contributed by atoms with Crippen molar-refractivity contribution in [2.24, 2.45) is 0 Å². The van der Waals surface area contributed by atoms with E-state index in [-0.39, 0.29) is 11.9 Å². The van der Waals surface area contributed by atoms with Crippen molar-refractivity contribution in [3.05, 3.63) is 71.2 Å². The van der Waals surface area contributed by atoms with E-state index in [1.807, 2.05) is 6.07 Å². The summed E-state index contributed by atoms with van der Waals surface area (Å²) < 4.78 is 40.8. The Morgan fingerprint density at radius 2 is 2.03 bits per heavy atom. The minimum atomic E-state index is -4.54. The summed E-state index contributed by atoms with van der Waals surface area (Å²) in [5.74, 6) is -0.318. The van der Waals surface area contributed by atoms with Crippen molar-refractivity contribution in [1.82, 2.24) is 20.1 Å². The highest BCUT2D eigenvalue weighted by atomic mass is 19.4. The minimum absolute atomic E-state index is 0.315. The van der Waals surface area contributed by atoms with Gasteiger partial charge in [-0.25, -0.2) is 0 Å². The number of aromatic nitrogens is 3. The van der Waals surface area contributed by atoms with Crippen LogP contribution in [0.2, 0.25) is 0 Å². The molecule has 1 atom stereocenters. The number of fused-ring (bicyclic) bond motifs is 1. The van der Waals surface area contributed by atoms with Crippen LogP contribution in [-0.4, -0.2) is 20.7 Å². The first-order valence-electron chi connectivity index (χ1n) is 9.77. The van der Waals surface area contributed by atoms with Crippen molar-refractivity contribution in [2.45, 2.75) is 38.0 Å². The molecule has 2 aromatic heterocycles. The van der Waals surface area contributed by atoms with Crippen LogP contribution >= 0.6 is 0 Å². The molecule has 6 nitrogen and oxygen atoms in total. The number of amides is 1. The number of nitriles is 1. The highest BCUT2D eigenvalue weighted by molar-refractivity contribution is 5.94. The molecule has 1 aliphatic rings. The van der Waals surface area contributed by atoms with Gasteiger partial charge in [0.15, 0.2) is 0 Å². The Morgan fingerprint density at radius 1 is 1.19 bits per heavy atom. The third kappa shape index (κ3) is 4.43. The maximum Gasteiger partial charge on any atom is 0.433 e. The van der Waals surface area contributed by atoms with Gasteiger partial charge in [0, 0.05) is 23.9 Å². The van der Waals surface area contributed by atoms with Crippen molar-refractivity contribution >= 4 is 5.91 Å². The van der Waals surface area contributed by atoms with Crippen LogP contribution in [0.5, 0.6) is 0 Å². The Bertz CT molecular complexity index is 1160. The molecule has 158 valence electrons. The molecule has 1 unspecified atom stereocenters. The molecular formula is C22H18F3N5O. The molecule has 1 aliphatic heterocycles. The fraction of sp³-hybridized carbons (Fsp3) is 0.273. The number of rotatable bonds is 3. The van der Waals surface area contributed by atoms with Gasteiger partial charge in [-0.2, -0.15) is 23.5 Å². The Morgan fingerprint density at radius 3 is 2.81 bits per heavy atom. The SMILES string of the molecule is N#Cc1cccc(C(=O)NC2CCCCn3nc(-c4ccnc(C(F)(F)F)c4)cc32)c1. The van der Waals surface area contributed by atoms with Gasteiger partial charge in [0.25, 0.3) is 5.91 Å². The van der Waals surface area contributed by atoms with Gasteiger partial charge < -0.3 is 5.32 Å². The van der Waals surface area contributed by atoms with Crippen LogP contribution in [0.1, 0.15) is 52.6 Å². The standard InChI is InChI=1S/C22H18F3N5O/c23-22(24,25)20-11-15(7-8-27-20)18-12-19-17(6-1-2-9-30(19)29-18)28-21(31)16-5-3-4-14(10-16)13-26/h3-5,7-8,10-12,17H,1-2,6,9H2,(H,28,31). The third-order valence-electron chi connectivity index (χ3n) is 5.19. The van der Waals surface area contributed by atoms with E-state index in [0.717, 1.165) is 30.8 Å². The average Bonchev–Trinajstić information content (AvgIpc) is 3.11. The van der Waals surface area contributed by atoms with E-state index in [2.05, 4.69) is 15.4 Å². The number of nitrogens with one attached hydrogen (secondary N) is 1. The summed E-state index contributed by atoms with van der Waals surface area (Å²) in [7, 11) is 0. The predicted octanol–water partition coefficient (Wildman–Crippen LogP) is 4.49. The first-order valence-corrected chi connectivity index (χ1v) is 9.77. The maximum absolute atomic E-state index is 13.0. The van der Waals surface area contributed by atoms with Crippen LogP contribution in [-0.2, 0) is 12.7 Å². The van der Waals surface area contributed by atoms with Crippen molar-refractivity contribution < 1.29 is 18.0 Å². The monoisotopic (exact) mass is 425 g/mol. The van der Waals surface area contributed by atoms with Gasteiger partial charge in [0.05, 0.1) is 29.1 Å². The number of pyridine rings is 1. The molecule has 0 saturated heterocycles. The molecule has 1 aromatic carbocycles. The Kier molecular flexibility index (Phi) is 5.46. The number of carbonyl (C=O) groups is 1. The molecule has 31 heavy (non-hydrogen) atoms. The summed E-state index contributed by atoms with van der Waals surface area (Å²) in [5.41, 5.74) is 1.24. The summed E-state index contributed by atoms with van der Waals surface area (Å²) in [6.45, 7) is 0.614. The van der Waals surface area contributed by atoms with Crippen LogP contribution in [0, 0.1) is 11.3 Å². The van der Waals surface area contributed by atoms with Gasteiger partial charge in [-0.15, -0.1) is 0 Å². The lowest BCUT2D eigenvalue weighted by Gasteiger charge is -2.17. The maximum atomic E-state index is 13.0. The van der Waals surface area contributed by atoms with Crippen LogP contribution in [0.3, 0.4) is 0 Å². The summed E-state index contributed by atoms with van der Waals surface area (Å²) in [4.78, 5) is 16.1. The van der Waals surface area contributed by atoms with Gasteiger partial charge in [-0.1, -0.05) is 6.07 Å². The van der Waals surface area contributed by atoms with Crippen LogP contribution in [0.25, 0.3) is 11.3 Å². The number of halogens is 3. The van der Waals surface area contributed by atoms with E-state index < -0.39 is 11.9 Å². The number of benzene rings is 1. The van der Waals surface area contributed by atoms with Crippen LogP contribution < -0.4 is 5.32 Å². The number of aryl methyl sites for hydroxylation is 1. The second-order valence-electron chi connectivity index (χ2n) is 7.32. The largest absolute Gasteiger partial charge is 0.433 e. The summed E-state index contributed by atoms with van der Waals surface area (Å²) >= 11 is 0. The third-order valence-corrected chi connectivity index (χ3v) is 5.19. The Labute approximate surface area is 176 Å². The van der Waals surface area contributed by atoms with Crippen molar-refractivity contribution in [3.8, 4) is 17.3 Å². The van der Waals surface area contributed by atoms with E-state index >= 15 is 0 Å². The normalized spacial score (nSPS) is 16.1. The van der Waals surface area contributed by atoms with E-state index in [0.29, 0.717) is 35.3 Å². The molecule has 3 heterocycles. The molecule has 0 aliphatic carbocycles. The predicted molar refractivity (Wildman–Crippen MR) is 106 cm³/mol. The van der Waals surface area contributed by atoms with Gasteiger partial charge in [0.2, 0.25) is 0 Å². The number of hydrogen-bond acceptors (Lipinski definition) is 4. The molecule has 0 saturated carbocycles. The lowest BCUT2D eigenvalue weighted by Crippen LogP contribution is -2.29. The van der Waals surface area contributed by atoms with E-state index in [1.165, 1.54) is 12.1 Å². The zero-order valence-corrected chi connectivity index (χ0v) is 16.4. The first kappa shape index (κ1) is 20.6. The van der Waals surface area contributed by atoms with Crippen LogP contribution in [0.15, 0.2) is 48.7 Å². The number of hydrogen-bond donors (Lipinski definition) is 1. The van der Waals surface area contributed by atoms with Gasteiger partial charge in [-0.3, -0.25) is 14.5 Å². The summed E-state index contributed by atoms with van der Waals surface area (Å²) in [5, 5.41) is 16.5. The highest BCUT2D eigenvalue weighted by Gasteiger charge is 2.33. The number of carbonyl (C=O) groups excluding carboxylic acids is 1. The van der Waals surface area contributed by atoms with Crippen molar-refractivity contribution in [2.75, 3.05) is 0 Å². The van der Waals surface area contributed by atoms with Gasteiger partial charge >= 0.3 is 6.18 Å². The minimum Gasteiger partial charge on any atom is -0.344 e. The topological polar surface area (TPSA) is 83.6 Å². The van der Waals surface area contributed by atoms with Crippen LogP contribution in [0.4, 0.5) is 13.2 Å². The zero-order valence-electron chi connectivity index (χ0n) is 16.4. The average molecular weight is 425 g/mol. The molecule has 0 bridgehead atoms. The molecular weight excluding hydrogens is 407 g/mol. The first-order chi connectivity index (χ1) is 14.8. The molecule has 0 spiro atoms. The summed E-state index contributed by atoms with van der Waals surface area (Å²) in [6.07, 6.45) is -1.03. The molecule has 4 rings (SSSR count). The molecule has 9 heteroatoms. The lowest BCUT2D eigenvalue weighted by molar-refractivity contribution is -0.141. The smallest absolute Gasteiger partial charge is 0.344 e. The summed E-state index contributed by atoms with van der Waals surface area (Å²) in [6, 6.07) is 12.3. The molecule has 1 N–H and O–H groups in total. The van der Waals surface area contributed by atoms with Crippen molar-refractivity contribution in [1.29, 1.82) is 5.26 Å². The highest BCUT2D eigenvalue weighted by Crippen LogP contribution is 2.32. The fourth-order valence-electron chi connectivity index (χ4n) is 3.65. The van der Waals surface area contributed by atoms with Crippen molar-refractivity contribution in [3.63, 3.8) is 0 Å². The zero-order chi connectivity index (χ0) is 22.0. The molecule has 3 aromatic rings. The van der Waals surface area contributed by atoms with E-state index in [1.54, 1.807) is 28.9 Å². The number of alkyl halides is 3. The quantitative estimate of drug-likeness (QED) is 0.670. The van der Waals surface area contributed by atoms with Gasteiger partial charge in [0.1, 0.15) is 5.69 Å². The van der Waals surface area contributed by atoms with Gasteiger partial charge in [-0.05, 0) is 55.7 Å².